The van der Waals surface area contributed by atoms with Crippen LogP contribution in [0.25, 0.3) is 0 Å². The molecule has 3 amide bonds. The Hall–Kier alpha value is -3.94. The summed E-state index contributed by atoms with van der Waals surface area (Å²) in [5.74, 6) is -0.555. The molecule has 0 unspecified atom stereocenters. The molecular weight excluding hydrogens is 454 g/mol. The van der Waals surface area contributed by atoms with Crippen molar-refractivity contribution in [2.45, 2.75) is 44.8 Å². The zero-order chi connectivity index (χ0) is 24.9. The molecule has 3 heterocycles. The Bertz CT molecular complexity index is 1220. The maximum absolute atomic E-state index is 13.4. The van der Waals surface area contributed by atoms with Gasteiger partial charge in [0.05, 0.1) is 0 Å². The van der Waals surface area contributed by atoms with Gasteiger partial charge in [0.15, 0.2) is 5.69 Å². The van der Waals surface area contributed by atoms with E-state index in [0.29, 0.717) is 44.8 Å². The second-order valence-electron chi connectivity index (χ2n) is 9.39. The number of rotatable bonds is 7. The van der Waals surface area contributed by atoms with Crippen molar-refractivity contribution in [1.29, 1.82) is 0 Å². The summed E-state index contributed by atoms with van der Waals surface area (Å²) in [5, 5.41) is 7.47. The number of nitrogens with zero attached hydrogens (tertiary/aromatic N) is 4. The summed E-state index contributed by atoms with van der Waals surface area (Å²) in [5.41, 5.74) is 2.87. The standard InChI is InChI=1S/C28H31N5O3/c34-26(29-15-14-21-9-3-1-4-10-21)24-13-7-17-32(24)27(35)23-19-25-28(36)31(16-8-18-33(25)30-23)20-22-11-5-2-6-12-22/h1-6,9-12,19,24H,7-8,13-18,20H2,(H,29,34)/t24-/m1/s1. The molecule has 186 valence electrons. The first kappa shape index (κ1) is 23.8. The molecular formula is C28H31N5O3. The number of likely N-dealkylation sites (tertiary alicyclic amines) is 1. The minimum Gasteiger partial charge on any atom is -0.354 e. The first-order valence-corrected chi connectivity index (χ1v) is 12.6. The topological polar surface area (TPSA) is 87.5 Å². The Morgan fingerprint density at radius 2 is 1.64 bits per heavy atom. The highest BCUT2D eigenvalue weighted by molar-refractivity contribution is 6.00. The molecule has 3 aromatic rings. The molecule has 36 heavy (non-hydrogen) atoms. The fraction of sp³-hybridized carbons (Fsp3) is 0.357. The molecule has 0 saturated carbocycles. The average molecular weight is 486 g/mol. The normalized spacial score (nSPS) is 17.6. The smallest absolute Gasteiger partial charge is 0.275 e. The summed E-state index contributed by atoms with van der Waals surface area (Å²) in [7, 11) is 0. The molecule has 0 radical (unpaired) electrons. The second-order valence-corrected chi connectivity index (χ2v) is 9.39. The van der Waals surface area contributed by atoms with Crippen LogP contribution >= 0.6 is 0 Å². The van der Waals surface area contributed by atoms with Crippen molar-refractivity contribution in [2.24, 2.45) is 0 Å². The molecule has 1 saturated heterocycles. The van der Waals surface area contributed by atoms with E-state index < -0.39 is 6.04 Å². The highest BCUT2D eigenvalue weighted by Gasteiger charge is 2.36. The fourth-order valence-corrected chi connectivity index (χ4v) is 5.02. The van der Waals surface area contributed by atoms with Gasteiger partial charge in [-0.1, -0.05) is 60.7 Å². The Morgan fingerprint density at radius 1 is 0.917 bits per heavy atom. The van der Waals surface area contributed by atoms with E-state index in [1.807, 2.05) is 65.6 Å². The molecule has 0 spiro atoms. The van der Waals surface area contributed by atoms with Gasteiger partial charge in [0.2, 0.25) is 5.91 Å². The zero-order valence-corrected chi connectivity index (χ0v) is 20.3. The molecule has 8 nitrogen and oxygen atoms in total. The summed E-state index contributed by atoms with van der Waals surface area (Å²) < 4.78 is 1.64. The number of amides is 3. The van der Waals surface area contributed by atoms with E-state index in [2.05, 4.69) is 10.4 Å². The van der Waals surface area contributed by atoms with Crippen LogP contribution in [0.1, 0.15) is 51.4 Å². The third kappa shape index (κ3) is 5.17. The van der Waals surface area contributed by atoms with Gasteiger partial charge in [-0.3, -0.25) is 19.1 Å². The molecule has 0 bridgehead atoms. The van der Waals surface area contributed by atoms with E-state index in [1.54, 1.807) is 15.6 Å². The number of nitrogens with one attached hydrogen (secondary N) is 1. The zero-order valence-electron chi connectivity index (χ0n) is 20.3. The number of carbonyl (C=O) groups excluding carboxylic acids is 3. The Balaban J connectivity index is 1.25. The van der Waals surface area contributed by atoms with Gasteiger partial charge in [-0.05, 0) is 36.8 Å². The molecule has 1 fully saturated rings. The van der Waals surface area contributed by atoms with Crippen LogP contribution in [0.5, 0.6) is 0 Å². The van der Waals surface area contributed by atoms with Crippen LogP contribution in [0.4, 0.5) is 0 Å². The Kier molecular flexibility index (Phi) is 7.11. The lowest BCUT2D eigenvalue weighted by Gasteiger charge is -2.23. The minimum atomic E-state index is -0.514. The van der Waals surface area contributed by atoms with E-state index >= 15 is 0 Å². The number of hydrogen-bond acceptors (Lipinski definition) is 4. The van der Waals surface area contributed by atoms with Crippen molar-refractivity contribution in [3.8, 4) is 0 Å². The Morgan fingerprint density at radius 3 is 2.39 bits per heavy atom. The van der Waals surface area contributed by atoms with Gasteiger partial charge < -0.3 is 15.1 Å². The van der Waals surface area contributed by atoms with Crippen molar-refractivity contribution < 1.29 is 14.4 Å². The van der Waals surface area contributed by atoms with Crippen molar-refractivity contribution in [3.05, 3.63) is 89.2 Å². The van der Waals surface area contributed by atoms with Crippen LogP contribution in [0, 0.1) is 0 Å². The van der Waals surface area contributed by atoms with Crippen LogP contribution in [0.3, 0.4) is 0 Å². The summed E-state index contributed by atoms with van der Waals surface area (Å²) in [4.78, 5) is 43.0. The molecule has 2 aliphatic rings. The number of benzene rings is 2. The Labute approximate surface area is 210 Å². The summed E-state index contributed by atoms with van der Waals surface area (Å²) in [6.07, 6.45) is 2.89. The second kappa shape index (κ2) is 10.8. The highest BCUT2D eigenvalue weighted by Crippen LogP contribution is 2.22. The predicted molar refractivity (Wildman–Crippen MR) is 135 cm³/mol. The van der Waals surface area contributed by atoms with Gasteiger partial charge in [-0.15, -0.1) is 0 Å². The molecule has 8 heteroatoms. The van der Waals surface area contributed by atoms with E-state index in [4.69, 9.17) is 0 Å². The monoisotopic (exact) mass is 485 g/mol. The number of aryl methyl sites for hydroxylation is 1. The van der Waals surface area contributed by atoms with Crippen molar-refractivity contribution in [3.63, 3.8) is 0 Å². The van der Waals surface area contributed by atoms with Gasteiger partial charge in [-0.2, -0.15) is 5.10 Å². The number of carbonyl (C=O) groups is 3. The highest BCUT2D eigenvalue weighted by atomic mass is 16.2. The molecule has 5 rings (SSSR count). The van der Waals surface area contributed by atoms with Gasteiger partial charge in [0, 0.05) is 38.8 Å². The molecule has 1 N–H and O–H groups in total. The minimum absolute atomic E-state index is 0.125. The first-order valence-electron chi connectivity index (χ1n) is 12.6. The van der Waals surface area contributed by atoms with Crippen LogP contribution in [0.15, 0.2) is 66.7 Å². The number of aromatic nitrogens is 2. The summed E-state index contributed by atoms with van der Waals surface area (Å²) >= 11 is 0. The summed E-state index contributed by atoms with van der Waals surface area (Å²) in [6.45, 7) is 2.75. The van der Waals surface area contributed by atoms with Gasteiger partial charge in [0.25, 0.3) is 11.8 Å². The molecule has 2 aromatic carbocycles. The first-order chi connectivity index (χ1) is 17.6. The van der Waals surface area contributed by atoms with Crippen molar-refractivity contribution >= 4 is 17.7 Å². The van der Waals surface area contributed by atoms with E-state index in [-0.39, 0.29) is 23.4 Å². The number of fused-ring (bicyclic) bond motifs is 1. The predicted octanol–water partition coefficient (Wildman–Crippen LogP) is 2.89. The van der Waals surface area contributed by atoms with Gasteiger partial charge in [-0.25, -0.2) is 0 Å². The third-order valence-corrected chi connectivity index (χ3v) is 6.89. The molecule has 1 aromatic heterocycles. The van der Waals surface area contributed by atoms with Gasteiger partial charge in [0.1, 0.15) is 11.7 Å². The molecule has 2 aliphatic heterocycles. The quantitative estimate of drug-likeness (QED) is 0.558. The van der Waals surface area contributed by atoms with E-state index in [9.17, 15) is 14.4 Å². The van der Waals surface area contributed by atoms with Crippen LogP contribution < -0.4 is 5.32 Å². The fourth-order valence-electron chi connectivity index (χ4n) is 5.02. The van der Waals surface area contributed by atoms with Crippen LogP contribution in [-0.2, 0) is 24.3 Å². The lowest BCUT2D eigenvalue weighted by atomic mass is 10.1. The van der Waals surface area contributed by atoms with Gasteiger partial charge >= 0.3 is 0 Å². The molecule has 0 aliphatic carbocycles. The maximum Gasteiger partial charge on any atom is 0.275 e. The van der Waals surface area contributed by atoms with Crippen LogP contribution in [-0.4, -0.2) is 63.0 Å². The largest absolute Gasteiger partial charge is 0.354 e. The number of hydrogen-bond donors (Lipinski definition) is 1. The maximum atomic E-state index is 13.4. The SMILES string of the molecule is O=C(NCCc1ccccc1)[C@H]1CCCN1C(=O)c1cc2n(n1)CCCN(Cc1ccccc1)C2=O. The lowest BCUT2D eigenvalue weighted by Crippen LogP contribution is -2.46. The van der Waals surface area contributed by atoms with E-state index in [1.165, 1.54) is 0 Å². The lowest BCUT2D eigenvalue weighted by molar-refractivity contribution is -0.124. The average Bonchev–Trinajstić information content (AvgIpc) is 3.54. The van der Waals surface area contributed by atoms with Crippen molar-refractivity contribution in [1.82, 2.24) is 24.9 Å². The van der Waals surface area contributed by atoms with E-state index in [0.717, 1.165) is 30.4 Å². The van der Waals surface area contributed by atoms with Crippen LogP contribution in [0.2, 0.25) is 0 Å². The summed E-state index contributed by atoms with van der Waals surface area (Å²) in [6, 6.07) is 20.9. The molecule has 1 atom stereocenters. The third-order valence-electron chi connectivity index (χ3n) is 6.89. The van der Waals surface area contributed by atoms with Crippen molar-refractivity contribution in [2.75, 3.05) is 19.6 Å².